The van der Waals surface area contributed by atoms with E-state index < -0.39 is 18.6 Å². The molecule has 0 aliphatic heterocycles. The van der Waals surface area contributed by atoms with Crippen LogP contribution in [-0.2, 0) is 0 Å². The lowest BCUT2D eigenvalue weighted by Crippen LogP contribution is -2.24. The first kappa shape index (κ1) is 14.8. The molecule has 3 nitrogen and oxygen atoms in total. The molecule has 18 heavy (non-hydrogen) atoms. The number of alkyl halides is 3. The highest BCUT2D eigenvalue weighted by molar-refractivity contribution is 9.10. The van der Waals surface area contributed by atoms with E-state index in [0.717, 1.165) is 0 Å². The summed E-state index contributed by atoms with van der Waals surface area (Å²) < 4.78 is 36.8. The highest BCUT2D eigenvalue weighted by Crippen LogP contribution is 2.25. The Kier molecular flexibility index (Phi) is 4.61. The zero-order valence-electron chi connectivity index (χ0n) is 9.46. The van der Waals surface area contributed by atoms with Crippen molar-refractivity contribution in [3.63, 3.8) is 0 Å². The molecular weight excluding hydrogens is 315 g/mol. The summed E-state index contributed by atoms with van der Waals surface area (Å²) in [6.07, 6.45) is -5.17. The van der Waals surface area contributed by atoms with Crippen LogP contribution in [0.2, 0.25) is 0 Å². The summed E-state index contributed by atoms with van der Waals surface area (Å²) >= 11 is 3.13. The zero-order chi connectivity index (χ0) is 13.9. The lowest BCUT2D eigenvalue weighted by atomic mass is 10.2. The van der Waals surface area contributed by atoms with Crippen molar-refractivity contribution in [3.8, 4) is 0 Å². The van der Waals surface area contributed by atoms with E-state index in [2.05, 4.69) is 15.9 Å². The van der Waals surface area contributed by atoms with Gasteiger partial charge in [-0.2, -0.15) is 13.2 Å². The van der Waals surface area contributed by atoms with Crippen molar-refractivity contribution in [3.05, 3.63) is 28.2 Å². The van der Waals surface area contributed by atoms with E-state index >= 15 is 0 Å². The van der Waals surface area contributed by atoms with E-state index in [4.69, 9.17) is 5.11 Å². The first-order valence-electron chi connectivity index (χ1n) is 5.01. The molecule has 100 valence electrons. The molecule has 0 radical (unpaired) electrons. The monoisotopic (exact) mass is 325 g/mol. The Hall–Kier alpha value is -1.24. The Morgan fingerprint density at radius 1 is 1.39 bits per heavy atom. The molecule has 0 aliphatic carbocycles. The summed E-state index contributed by atoms with van der Waals surface area (Å²) in [4.78, 5) is 12.2. The molecule has 1 rings (SSSR count). The zero-order valence-corrected chi connectivity index (χ0v) is 11.0. The Morgan fingerprint density at radius 2 is 2.00 bits per heavy atom. The summed E-state index contributed by atoms with van der Waals surface area (Å²) in [7, 11) is 1.49. The van der Waals surface area contributed by atoms with E-state index in [0.29, 0.717) is 10.2 Å². The molecule has 0 saturated carbocycles. The van der Waals surface area contributed by atoms with Crippen molar-refractivity contribution >= 4 is 27.6 Å². The quantitative estimate of drug-likeness (QED) is 0.920. The van der Waals surface area contributed by atoms with Crippen molar-refractivity contribution in [2.45, 2.75) is 12.6 Å². The fraction of sp³-hybridized carbons (Fsp3) is 0.364. The smallest absolute Gasteiger partial charge is 0.390 e. The van der Waals surface area contributed by atoms with Crippen LogP contribution in [0.5, 0.6) is 0 Å². The van der Waals surface area contributed by atoms with Crippen molar-refractivity contribution < 1.29 is 23.1 Å². The number of carboxylic acids is 1. The number of hydrogen-bond acceptors (Lipinski definition) is 2. The van der Waals surface area contributed by atoms with Crippen LogP contribution in [0.1, 0.15) is 16.8 Å². The Morgan fingerprint density at radius 3 is 2.50 bits per heavy atom. The maximum absolute atomic E-state index is 12.1. The molecule has 1 aromatic rings. The molecule has 0 aliphatic rings. The SMILES string of the molecule is CN(CCC(F)(F)F)c1cc(Br)cc(C(=O)O)c1. The van der Waals surface area contributed by atoms with Gasteiger partial charge in [-0.15, -0.1) is 0 Å². The van der Waals surface area contributed by atoms with Crippen molar-refractivity contribution in [2.75, 3.05) is 18.5 Å². The van der Waals surface area contributed by atoms with Gasteiger partial charge in [-0.05, 0) is 18.2 Å². The summed E-state index contributed by atoms with van der Waals surface area (Å²) in [5.41, 5.74) is 0.448. The van der Waals surface area contributed by atoms with Gasteiger partial charge in [-0.25, -0.2) is 4.79 Å². The molecule has 0 aromatic heterocycles. The number of benzene rings is 1. The summed E-state index contributed by atoms with van der Waals surface area (Å²) in [5, 5.41) is 8.86. The topological polar surface area (TPSA) is 40.5 Å². The number of hydrogen-bond donors (Lipinski definition) is 1. The Balaban J connectivity index is 2.85. The van der Waals surface area contributed by atoms with Gasteiger partial charge in [0.05, 0.1) is 12.0 Å². The van der Waals surface area contributed by atoms with Crippen molar-refractivity contribution in [1.29, 1.82) is 0 Å². The van der Waals surface area contributed by atoms with Crippen LogP contribution in [-0.4, -0.2) is 30.8 Å². The number of carboxylic acid groups (broad SMARTS) is 1. The average Bonchev–Trinajstić information content (AvgIpc) is 2.23. The number of carbonyl (C=O) groups is 1. The van der Waals surface area contributed by atoms with Crippen LogP contribution in [0.25, 0.3) is 0 Å². The third-order valence-corrected chi connectivity index (χ3v) is 2.76. The van der Waals surface area contributed by atoms with Crippen LogP contribution >= 0.6 is 15.9 Å². The number of rotatable bonds is 4. The first-order valence-corrected chi connectivity index (χ1v) is 5.80. The molecule has 1 aromatic carbocycles. The summed E-state index contributed by atoms with van der Waals surface area (Å²) in [5.74, 6) is -1.12. The van der Waals surface area contributed by atoms with Crippen LogP contribution in [0, 0.1) is 0 Å². The fourth-order valence-corrected chi connectivity index (χ4v) is 1.82. The van der Waals surface area contributed by atoms with Gasteiger partial charge >= 0.3 is 12.1 Å². The highest BCUT2D eigenvalue weighted by atomic mass is 79.9. The highest BCUT2D eigenvalue weighted by Gasteiger charge is 2.27. The average molecular weight is 326 g/mol. The minimum Gasteiger partial charge on any atom is -0.478 e. The van der Waals surface area contributed by atoms with Gasteiger partial charge in [0.25, 0.3) is 0 Å². The van der Waals surface area contributed by atoms with E-state index in [1.165, 1.54) is 24.1 Å². The van der Waals surface area contributed by atoms with Gasteiger partial charge < -0.3 is 10.0 Å². The molecule has 0 bridgehead atoms. The molecule has 7 heteroatoms. The van der Waals surface area contributed by atoms with Gasteiger partial charge in [0, 0.05) is 23.8 Å². The minimum absolute atomic E-state index is 0.0261. The molecule has 0 unspecified atom stereocenters. The van der Waals surface area contributed by atoms with E-state index in [1.807, 2.05) is 0 Å². The van der Waals surface area contributed by atoms with Gasteiger partial charge in [-0.3, -0.25) is 0 Å². The largest absolute Gasteiger partial charge is 0.478 e. The fourth-order valence-electron chi connectivity index (χ4n) is 1.34. The predicted molar refractivity (Wildman–Crippen MR) is 65.0 cm³/mol. The van der Waals surface area contributed by atoms with E-state index in [-0.39, 0.29) is 12.1 Å². The molecule has 0 spiro atoms. The number of nitrogens with zero attached hydrogens (tertiary/aromatic N) is 1. The molecule has 1 N–H and O–H groups in total. The molecule has 0 saturated heterocycles. The third kappa shape index (κ3) is 4.56. The van der Waals surface area contributed by atoms with Gasteiger partial charge in [-0.1, -0.05) is 15.9 Å². The minimum atomic E-state index is -4.23. The molecule has 0 amide bonds. The molecule has 0 heterocycles. The first-order chi connectivity index (χ1) is 8.19. The Labute approximate surface area is 110 Å². The standard InChI is InChI=1S/C11H11BrF3NO2/c1-16(3-2-11(13,14)15)9-5-7(10(17)18)4-8(12)6-9/h4-6H,2-3H2,1H3,(H,17,18). The second-order valence-corrected chi connectivity index (χ2v) is 4.71. The molecule has 0 fully saturated rings. The van der Waals surface area contributed by atoms with Crippen LogP contribution in [0.4, 0.5) is 18.9 Å². The second-order valence-electron chi connectivity index (χ2n) is 3.79. The third-order valence-electron chi connectivity index (χ3n) is 2.30. The lowest BCUT2D eigenvalue weighted by Gasteiger charge is -2.20. The molecular formula is C11H11BrF3NO2. The maximum Gasteiger partial charge on any atom is 0.390 e. The number of halogens is 4. The normalized spacial score (nSPS) is 11.4. The van der Waals surface area contributed by atoms with Crippen LogP contribution in [0.3, 0.4) is 0 Å². The summed E-state index contributed by atoms with van der Waals surface area (Å²) in [6, 6.07) is 4.30. The lowest BCUT2D eigenvalue weighted by molar-refractivity contribution is -0.132. The number of anilines is 1. The van der Waals surface area contributed by atoms with Gasteiger partial charge in [0.2, 0.25) is 0 Å². The van der Waals surface area contributed by atoms with Crippen LogP contribution in [0.15, 0.2) is 22.7 Å². The van der Waals surface area contributed by atoms with Gasteiger partial charge in [0.1, 0.15) is 0 Å². The predicted octanol–water partition coefficient (Wildman–Crippen LogP) is 3.54. The Bertz CT molecular complexity index is 448. The van der Waals surface area contributed by atoms with Crippen molar-refractivity contribution in [1.82, 2.24) is 0 Å². The molecule has 0 atom stereocenters. The van der Waals surface area contributed by atoms with Crippen LogP contribution < -0.4 is 4.90 Å². The maximum atomic E-state index is 12.1. The second kappa shape index (κ2) is 5.60. The van der Waals surface area contributed by atoms with E-state index in [9.17, 15) is 18.0 Å². The van der Waals surface area contributed by atoms with Gasteiger partial charge in [0.15, 0.2) is 0 Å². The van der Waals surface area contributed by atoms with E-state index in [1.54, 1.807) is 6.07 Å². The number of aromatic carboxylic acids is 1. The summed E-state index contributed by atoms with van der Waals surface area (Å²) in [6.45, 7) is -0.223. The van der Waals surface area contributed by atoms with Crippen molar-refractivity contribution in [2.24, 2.45) is 0 Å².